The van der Waals surface area contributed by atoms with Gasteiger partial charge in [0.2, 0.25) is 5.91 Å². The summed E-state index contributed by atoms with van der Waals surface area (Å²) >= 11 is 1.55. The molecule has 0 bridgehead atoms. The van der Waals surface area contributed by atoms with Gasteiger partial charge in [0.15, 0.2) is 0 Å². The number of aliphatic hydroxyl groups excluding tert-OH is 1. The van der Waals surface area contributed by atoms with Crippen LogP contribution in [-0.4, -0.2) is 45.7 Å². The molecule has 3 N–H and O–H groups in total. The van der Waals surface area contributed by atoms with Gasteiger partial charge in [-0.05, 0) is 18.6 Å². The zero-order valence-corrected chi connectivity index (χ0v) is 9.13. The van der Waals surface area contributed by atoms with E-state index in [0.717, 1.165) is 25.0 Å². The van der Waals surface area contributed by atoms with Crippen LogP contribution in [-0.2, 0) is 9.59 Å². The van der Waals surface area contributed by atoms with Crippen LogP contribution in [0.5, 0.6) is 0 Å². The smallest absolute Gasteiger partial charge is 0.328 e. The number of aliphatic hydroxyl groups is 1. The monoisotopic (exact) mass is 233 g/mol. The van der Waals surface area contributed by atoms with Gasteiger partial charge in [0.25, 0.3) is 0 Å². The molecule has 1 rings (SSSR count). The van der Waals surface area contributed by atoms with Crippen molar-refractivity contribution < 1.29 is 19.8 Å². The number of rotatable bonds is 4. The Morgan fingerprint density at radius 2 is 2.20 bits per heavy atom. The molecule has 0 aromatic heterocycles. The van der Waals surface area contributed by atoms with Gasteiger partial charge in [0.1, 0.15) is 6.04 Å². The van der Waals surface area contributed by atoms with E-state index in [-0.39, 0.29) is 11.2 Å². The minimum atomic E-state index is -1.20. The minimum absolute atomic E-state index is 0.160. The molecule has 2 atom stereocenters. The van der Waals surface area contributed by atoms with E-state index in [4.69, 9.17) is 10.2 Å². The van der Waals surface area contributed by atoms with Gasteiger partial charge in [0, 0.05) is 0 Å². The molecule has 1 unspecified atom stereocenters. The third-order valence-electron chi connectivity index (χ3n) is 2.27. The first-order valence-corrected chi connectivity index (χ1v) is 5.95. The van der Waals surface area contributed by atoms with Crippen LogP contribution >= 0.6 is 11.8 Å². The number of hydrogen-bond acceptors (Lipinski definition) is 4. The van der Waals surface area contributed by atoms with E-state index in [9.17, 15) is 9.59 Å². The highest BCUT2D eigenvalue weighted by Crippen LogP contribution is 2.24. The molecule has 1 heterocycles. The van der Waals surface area contributed by atoms with Crippen molar-refractivity contribution in [1.82, 2.24) is 5.32 Å². The molecule has 0 aromatic carbocycles. The number of thioether (sulfide) groups is 1. The first-order valence-electron chi connectivity index (χ1n) is 4.90. The van der Waals surface area contributed by atoms with Gasteiger partial charge in [-0.3, -0.25) is 4.79 Å². The molecule has 6 heteroatoms. The van der Waals surface area contributed by atoms with E-state index < -0.39 is 18.6 Å². The zero-order valence-electron chi connectivity index (χ0n) is 8.31. The standard InChI is InChI=1S/C9H15NO4S/c11-5-6(9(13)14)10-8(12)7-3-1-2-4-15-7/h6-7,11H,1-5H2,(H,10,12)(H,13,14)/t6-,7?/m1/s1. The van der Waals surface area contributed by atoms with Gasteiger partial charge in [-0.2, -0.15) is 0 Å². The van der Waals surface area contributed by atoms with Crippen molar-refractivity contribution in [2.45, 2.75) is 30.6 Å². The van der Waals surface area contributed by atoms with Gasteiger partial charge in [-0.1, -0.05) is 6.42 Å². The third kappa shape index (κ3) is 3.71. The predicted octanol–water partition coefficient (Wildman–Crippen LogP) is -0.166. The molecule has 5 nitrogen and oxygen atoms in total. The van der Waals surface area contributed by atoms with Crippen molar-refractivity contribution in [2.24, 2.45) is 0 Å². The summed E-state index contributed by atoms with van der Waals surface area (Å²) in [4.78, 5) is 22.1. The largest absolute Gasteiger partial charge is 0.480 e. The van der Waals surface area contributed by atoms with Gasteiger partial charge in [0.05, 0.1) is 11.9 Å². The number of hydrogen-bond donors (Lipinski definition) is 3. The van der Waals surface area contributed by atoms with Gasteiger partial charge >= 0.3 is 5.97 Å². The van der Waals surface area contributed by atoms with Crippen LogP contribution in [0.3, 0.4) is 0 Å². The SMILES string of the molecule is O=C(N[C@H](CO)C(=O)O)C1CCCCS1. The summed E-state index contributed by atoms with van der Waals surface area (Å²) in [5.41, 5.74) is 0. The van der Waals surface area contributed by atoms with Gasteiger partial charge in [-0.15, -0.1) is 11.8 Å². The fraction of sp³-hybridized carbons (Fsp3) is 0.778. The topological polar surface area (TPSA) is 86.6 Å². The Morgan fingerprint density at radius 1 is 1.47 bits per heavy atom. The summed E-state index contributed by atoms with van der Waals surface area (Å²) in [5, 5.41) is 19.5. The number of nitrogens with one attached hydrogen (secondary N) is 1. The second-order valence-electron chi connectivity index (χ2n) is 3.44. The van der Waals surface area contributed by atoms with E-state index in [1.54, 1.807) is 11.8 Å². The Labute approximate surface area is 92.2 Å². The summed E-state index contributed by atoms with van der Waals surface area (Å²) in [6.07, 6.45) is 2.90. The molecular formula is C9H15NO4S. The van der Waals surface area contributed by atoms with Crippen LogP contribution < -0.4 is 5.32 Å². The molecular weight excluding hydrogens is 218 g/mol. The van der Waals surface area contributed by atoms with E-state index in [1.165, 1.54) is 0 Å². The fourth-order valence-electron chi connectivity index (χ4n) is 1.40. The normalized spacial score (nSPS) is 23.1. The van der Waals surface area contributed by atoms with Gasteiger partial charge < -0.3 is 15.5 Å². The first-order chi connectivity index (χ1) is 7.15. The highest BCUT2D eigenvalue weighted by atomic mass is 32.2. The quantitative estimate of drug-likeness (QED) is 0.628. The van der Waals surface area contributed by atoms with Crippen LogP contribution in [0.25, 0.3) is 0 Å². The lowest BCUT2D eigenvalue weighted by Crippen LogP contribution is -2.47. The molecule has 86 valence electrons. The molecule has 15 heavy (non-hydrogen) atoms. The maximum atomic E-state index is 11.6. The molecule has 0 spiro atoms. The Balaban J connectivity index is 2.42. The summed E-state index contributed by atoms with van der Waals surface area (Å²) in [6, 6.07) is -1.18. The average Bonchev–Trinajstić information content (AvgIpc) is 2.26. The maximum Gasteiger partial charge on any atom is 0.328 e. The number of carboxylic acids is 1. The first kappa shape index (κ1) is 12.3. The predicted molar refractivity (Wildman–Crippen MR) is 56.7 cm³/mol. The summed E-state index contributed by atoms with van der Waals surface area (Å²) in [7, 11) is 0. The Bertz CT molecular complexity index is 240. The van der Waals surface area contributed by atoms with Crippen molar-refractivity contribution in [2.75, 3.05) is 12.4 Å². The van der Waals surface area contributed by atoms with Gasteiger partial charge in [-0.25, -0.2) is 4.79 Å². The highest BCUT2D eigenvalue weighted by Gasteiger charge is 2.26. The molecule has 0 aliphatic carbocycles. The number of carbonyl (C=O) groups excluding carboxylic acids is 1. The van der Waals surface area contributed by atoms with Crippen LogP contribution in [0.1, 0.15) is 19.3 Å². The molecule has 1 saturated heterocycles. The van der Waals surface area contributed by atoms with Crippen molar-refractivity contribution in [1.29, 1.82) is 0 Å². The Kier molecular flexibility index (Phi) is 4.90. The Morgan fingerprint density at radius 3 is 2.67 bits per heavy atom. The fourth-order valence-corrected chi connectivity index (χ4v) is 2.61. The van der Waals surface area contributed by atoms with E-state index in [1.807, 2.05) is 0 Å². The molecule has 1 aliphatic heterocycles. The molecule has 1 fully saturated rings. The lowest BCUT2D eigenvalue weighted by Gasteiger charge is -2.22. The van der Waals surface area contributed by atoms with Crippen molar-refractivity contribution in [3.63, 3.8) is 0 Å². The van der Waals surface area contributed by atoms with Crippen LogP contribution in [0, 0.1) is 0 Å². The van der Waals surface area contributed by atoms with E-state index >= 15 is 0 Å². The number of aliphatic carboxylic acids is 1. The minimum Gasteiger partial charge on any atom is -0.480 e. The summed E-state index contributed by atoms with van der Waals surface area (Å²) in [6.45, 7) is -0.571. The summed E-state index contributed by atoms with van der Waals surface area (Å²) in [5.74, 6) is -0.539. The molecule has 0 saturated carbocycles. The van der Waals surface area contributed by atoms with Crippen LogP contribution in [0.15, 0.2) is 0 Å². The van der Waals surface area contributed by atoms with Crippen molar-refractivity contribution in [3.05, 3.63) is 0 Å². The number of carbonyl (C=O) groups is 2. The van der Waals surface area contributed by atoms with E-state index in [2.05, 4.69) is 5.32 Å². The second-order valence-corrected chi connectivity index (χ2v) is 4.75. The van der Waals surface area contributed by atoms with E-state index in [0.29, 0.717) is 0 Å². The Hall–Kier alpha value is -0.750. The van der Waals surface area contributed by atoms with Crippen LogP contribution in [0.4, 0.5) is 0 Å². The van der Waals surface area contributed by atoms with Crippen molar-refractivity contribution in [3.8, 4) is 0 Å². The number of carboxylic acid groups (broad SMARTS) is 1. The lowest BCUT2D eigenvalue weighted by molar-refractivity contribution is -0.142. The second kappa shape index (κ2) is 5.97. The zero-order chi connectivity index (χ0) is 11.3. The maximum absolute atomic E-state index is 11.6. The summed E-state index contributed by atoms with van der Waals surface area (Å²) < 4.78 is 0. The highest BCUT2D eigenvalue weighted by molar-refractivity contribution is 8.00. The lowest BCUT2D eigenvalue weighted by atomic mass is 10.1. The average molecular weight is 233 g/mol. The number of amides is 1. The molecule has 0 radical (unpaired) electrons. The third-order valence-corrected chi connectivity index (χ3v) is 3.65. The molecule has 1 aliphatic rings. The molecule has 0 aromatic rings. The van der Waals surface area contributed by atoms with Crippen LogP contribution in [0.2, 0.25) is 0 Å². The molecule has 1 amide bonds. The van der Waals surface area contributed by atoms with Crippen molar-refractivity contribution >= 4 is 23.6 Å².